The summed E-state index contributed by atoms with van der Waals surface area (Å²) in [5.74, 6) is 0. The lowest BCUT2D eigenvalue weighted by Gasteiger charge is -2.01. The summed E-state index contributed by atoms with van der Waals surface area (Å²) in [4.78, 5) is 8.59. The van der Waals surface area contributed by atoms with Gasteiger partial charge >= 0.3 is 0 Å². The SMILES string of the molecule is Cc1ccc2cc3nccnc3cc2c1. The van der Waals surface area contributed by atoms with Crippen LogP contribution < -0.4 is 0 Å². The highest BCUT2D eigenvalue weighted by Crippen LogP contribution is 2.20. The van der Waals surface area contributed by atoms with Crippen LogP contribution >= 0.6 is 0 Å². The van der Waals surface area contributed by atoms with Crippen molar-refractivity contribution in [1.82, 2.24) is 9.97 Å². The molecule has 0 aliphatic rings. The van der Waals surface area contributed by atoms with Gasteiger partial charge in [0.1, 0.15) is 0 Å². The minimum Gasteiger partial charge on any atom is -0.253 e. The van der Waals surface area contributed by atoms with Gasteiger partial charge in [-0.3, -0.25) is 9.97 Å². The molecule has 2 nitrogen and oxygen atoms in total. The second-order valence-electron chi connectivity index (χ2n) is 3.75. The first kappa shape index (κ1) is 8.36. The van der Waals surface area contributed by atoms with Crippen molar-refractivity contribution in [3.8, 4) is 0 Å². The van der Waals surface area contributed by atoms with Crippen LogP contribution in [-0.4, -0.2) is 9.97 Å². The van der Waals surface area contributed by atoms with Crippen molar-refractivity contribution >= 4 is 21.8 Å². The van der Waals surface area contributed by atoms with Crippen LogP contribution in [0.1, 0.15) is 5.56 Å². The van der Waals surface area contributed by atoms with Gasteiger partial charge in [0, 0.05) is 12.4 Å². The average molecular weight is 194 g/mol. The minimum absolute atomic E-state index is 0.953. The van der Waals surface area contributed by atoms with Crippen molar-refractivity contribution in [1.29, 1.82) is 0 Å². The first-order valence-electron chi connectivity index (χ1n) is 4.94. The van der Waals surface area contributed by atoms with E-state index >= 15 is 0 Å². The Morgan fingerprint density at radius 1 is 0.800 bits per heavy atom. The number of hydrogen-bond donors (Lipinski definition) is 0. The van der Waals surface area contributed by atoms with Gasteiger partial charge in [-0.2, -0.15) is 0 Å². The maximum absolute atomic E-state index is 4.30. The van der Waals surface area contributed by atoms with Crippen molar-refractivity contribution in [3.63, 3.8) is 0 Å². The number of aromatic nitrogens is 2. The first-order valence-corrected chi connectivity index (χ1v) is 4.94. The molecule has 0 bridgehead atoms. The van der Waals surface area contributed by atoms with Crippen LogP contribution in [0.5, 0.6) is 0 Å². The summed E-state index contributed by atoms with van der Waals surface area (Å²) in [5, 5.41) is 2.44. The quantitative estimate of drug-likeness (QED) is 0.514. The van der Waals surface area contributed by atoms with E-state index in [4.69, 9.17) is 0 Å². The largest absolute Gasteiger partial charge is 0.253 e. The van der Waals surface area contributed by atoms with Gasteiger partial charge in [0.2, 0.25) is 0 Å². The number of fused-ring (bicyclic) bond motifs is 2. The van der Waals surface area contributed by atoms with Crippen LogP contribution in [0.4, 0.5) is 0 Å². The van der Waals surface area contributed by atoms with Crippen molar-refractivity contribution in [2.75, 3.05) is 0 Å². The normalized spacial score (nSPS) is 11.0. The molecule has 0 aliphatic carbocycles. The summed E-state index contributed by atoms with van der Waals surface area (Å²) in [7, 11) is 0. The van der Waals surface area contributed by atoms with Gasteiger partial charge in [-0.15, -0.1) is 0 Å². The molecule has 15 heavy (non-hydrogen) atoms. The Bertz CT molecular complexity index is 644. The smallest absolute Gasteiger partial charge is 0.0893 e. The Kier molecular flexibility index (Phi) is 1.68. The van der Waals surface area contributed by atoms with E-state index in [1.165, 1.54) is 16.3 Å². The van der Waals surface area contributed by atoms with Crippen molar-refractivity contribution < 1.29 is 0 Å². The summed E-state index contributed by atoms with van der Waals surface area (Å²) >= 11 is 0. The fourth-order valence-corrected chi connectivity index (χ4v) is 1.83. The predicted molar refractivity (Wildman–Crippen MR) is 61.8 cm³/mol. The fraction of sp³-hybridized carbons (Fsp3) is 0.0769. The van der Waals surface area contributed by atoms with Crippen LogP contribution in [0.25, 0.3) is 21.8 Å². The Hall–Kier alpha value is -1.96. The molecule has 0 saturated carbocycles. The monoisotopic (exact) mass is 194 g/mol. The van der Waals surface area contributed by atoms with Crippen molar-refractivity contribution in [2.45, 2.75) is 6.92 Å². The van der Waals surface area contributed by atoms with Crippen LogP contribution in [0.2, 0.25) is 0 Å². The maximum atomic E-state index is 4.30. The van der Waals surface area contributed by atoms with Gasteiger partial charge in [-0.1, -0.05) is 23.8 Å². The van der Waals surface area contributed by atoms with E-state index in [1.54, 1.807) is 12.4 Å². The van der Waals surface area contributed by atoms with Crippen molar-refractivity contribution in [3.05, 3.63) is 48.3 Å². The van der Waals surface area contributed by atoms with Crippen molar-refractivity contribution in [2.24, 2.45) is 0 Å². The second-order valence-corrected chi connectivity index (χ2v) is 3.75. The predicted octanol–water partition coefficient (Wildman–Crippen LogP) is 3.09. The van der Waals surface area contributed by atoms with Gasteiger partial charge in [0.15, 0.2) is 0 Å². The molecule has 0 aliphatic heterocycles. The molecule has 0 fully saturated rings. The Labute approximate surface area is 87.6 Å². The summed E-state index contributed by atoms with van der Waals surface area (Å²) in [6.45, 7) is 2.10. The second kappa shape index (κ2) is 3.02. The zero-order valence-electron chi connectivity index (χ0n) is 8.44. The topological polar surface area (TPSA) is 25.8 Å². The summed E-state index contributed by atoms with van der Waals surface area (Å²) < 4.78 is 0. The van der Waals surface area contributed by atoms with Crippen LogP contribution in [0.3, 0.4) is 0 Å². The van der Waals surface area contributed by atoms with Gasteiger partial charge < -0.3 is 0 Å². The molecule has 0 spiro atoms. The highest BCUT2D eigenvalue weighted by molar-refractivity contribution is 5.94. The average Bonchev–Trinajstić information content (AvgIpc) is 2.26. The van der Waals surface area contributed by atoms with E-state index in [1.807, 2.05) is 0 Å². The first-order chi connectivity index (χ1) is 7.33. The minimum atomic E-state index is 0.953. The summed E-state index contributed by atoms with van der Waals surface area (Å²) in [6, 6.07) is 10.6. The maximum Gasteiger partial charge on any atom is 0.0893 e. The van der Waals surface area contributed by atoms with Crippen LogP contribution in [-0.2, 0) is 0 Å². The zero-order valence-corrected chi connectivity index (χ0v) is 8.44. The lowest BCUT2D eigenvalue weighted by molar-refractivity contribution is 1.30. The van der Waals surface area contributed by atoms with Crippen LogP contribution in [0.15, 0.2) is 42.7 Å². The van der Waals surface area contributed by atoms with Crippen LogP contribution in [0, 0.1) is 6.92 Å². The number of rotatable bonds is 0. The molecule has 3 aromatic rings. The molecular formula is C13H10N2. The third kappa shape index (κ3) is 1.34. The highest BCUT2D eigenvalue weighted by atomic mass is 14.8. The van der Waals surface area contributed by atoms with E-state index in [9.17, 15) is 0 Å². The Morgan fingerprint density at radius 2 is 1.47 bits per heavy atom. The van der Waals surface area contributed by atoms with Gasteiger partial charge in [0.05, 0.1) is 11.0 Å². The third-order valence-corrected chi connectivity index (χ3v) is 2.58. The lowest BCUT2D eigenvalue weighted by Crippen LogP contribution is -1.83. The Balaban J connectivity index is 2.47. The zero-order chi connectivity index (χ0) is 10.3. The molecule has 0 radical (unpaired) electrons. The number of nitrogens with zero attached hydrogens (tertiary/aromatic N) is 2. The van der Waals surface area contributed by atoms with Gasteiger partial charge in [-0.05, 0) is 29.8 Å². The molecule has 2 aromatic carbocycles. The number of benzene rings is 2. The molecule has 0 amide bonds. The lowest BCUT2D eigenvalue weighted by atomic mass is 10.1. The van der Waals surface area contributed by atoms with E-state index in [-0.39, 0.29) is 0 Å². The molecule has 3 rings (SSSR count). The van der Waals surface area contributed by atoms with E-state index in [0.717, 1.165) is 11.0 Å². The Morgan fingerprint density at radius 3 is 2.20 bits per heavy atom. The summed E-state index contributed by atoms with van der Waals surface area (Å²) in [6.07, 6.45) is 3.45. The molecule has 0 N–H and O–H groups in total. The molecule has 1 aromatic heterocycles. The van der Waals surface area contributed by atoms with E-state index in [0.29, 0.717) is 0 Å². The van der Waals surface area contributed by atoms with Gasteiger partial charge in [0.25, 0.3) is 0 Å². The standard InChI is InChI=1S/C13H10N2/c1-9-2-3-10-7-12-13(8-11(10)6-9)15-5-4-14-12/h2-8H,1H3. The third-order valence-electron chi connectivity index (χ3n) is 2.58. The number of aryl methyl sites for hydroxylation is 1. The molecule has 0 unspecified atom stereocenters. The molecule has 0 atom stereocenters. The molecule has 72 valence electrons. The fourth-order valence-electron chi connectivity index (χ4n) is 1.83. The molecule has 2 heteroatoms. The molecule has 1 heterocycles. The van der Waals surface area contributed by atoms with Gasteiger partial charge in [-0.25, -0.2) is 0 Å². The van der Waals surface area contributed by atoms with E-state index in [2.05, 4.69) is 47.2 Å². The number of hydrogen-bond acceptors (Lipinski definition) is 2. The highest BCUT2D eigenvalue weighted by Gasteiger charge is 1.99. The summed E-state index contributed by atoms with van der Waals surface area (Å²) in [5.41, 5.74) is 3.18. The van der Waals surface area contributed by atoms with E-state index < -0.39 is 0 Å². The molecule has 0 saturated heterocycles. The molecular weight excluding hydrogens is 184 g/mol.